The van der Waals surface area contributed by atoms with E-state index in [-0.39, 0.29) is 11.7 Å². The predicted molar refractivity (Wildman–Crippen MR) is 55.9 cm³/mol. The van der Waals surface area contributed by atoms with Gasteiger partial charge in [0.15, 0.2) is 0 Å². The maximum atomic E-state index is 12.9. The predicted octanol–water partition coefficient (Wildman–Crippen LogP) is 3.36. The van der Waals surface area contributed by atoms with Crippen LogP contribution in [0.4, 0.5) is 4.39 Å². The highest BCUT2D eigenvalue weighted by atomic mass is 19.1. The third-order valence-corrected chi connectivity index (χ3v) is 2.13. The maximum absolute atomic E-state index is 12.9. The first-order chi connectivity index (χ1) is 6.74. The third-order valence-electron chi connectivity index (χ3n) is 2.13. The molecule has 0 aliphatic rings. The second-order valence-electron chi connectivity index (χ2n) is 3.53. The van der Waals surface area contributed by atoms with Crippen molar-refractivity contribution < 1.29 is 9.13 Å². The van der Waals surface area contributed by atoms with Crippen LogP contribution in [-0.4, -0.2) is 13.2 Å². The second-order valence-corrected chi connectivity index (χ2v) is 3.53. The smallest absolute Gasteiger partial charge is 0.123 e. The molecule has 0 heterocycles. The Bertz CT molecular complexity index is 273. The van der Waals surface area contributed by atoms with E-state index in [1.165, 1.54) is 6.07 Å². The SMILES string of the molecule is CCCOCC(C)c1cccc(F)c1. The molecule has 1 aromatic carbocycles. The van der Waals surface area contributed by atoms with E-state index in [4.69, 9.17) is 4.74 Å². The van der Waals surface area contributed by atoms with E-state index in [0.29, 0.717) is 6.61 Å². The number of hydrogen-bond acceptors (Lipinski definition) is 1. The lowest BCUT2D eigenvalue weighted by molar-refractivity contribution is 0.124. The molecule has 1 unspecified atom stereocenters. The highest BCUT2D eigenvalue weighted by Gasteiger charge is 2.05. The van der Waals surface area contributed by atoms with Crippen molar-refractivity contribution in [2.45, 2.75) is 26.2 Å². The van der Waals surface area contributed by atoms with Crippen LogP contribution < -0.4 is 0 Å². The first-order valence-electron chi connectivity index (χ1n) is 5.07. The molecular formula is C12H17FO. The van der Waals surface area contributed by atoms with Gasteiger partial charge in [-0.25, -0.2) is 4.39 Å². The minimum Gasteiger partial charge on any atom is -0.381 e. The Labute approximate surface area is 84.9 Å². The number of rotatable bonds is 5. The monoisotopic (exact) mass is 196 g/mol. The molecule has 0 radical (unpaired) electrons. The van der Waals surface area contributed by atoms with Crippen molar-refractivity contribution in [2.75, 3.05) is 13.2 Å². The van der Waals surface area contributed by atoms with E-state index in [2.05, 4.69) is 6.92 Å². The minimum atomic E-state index is -0.176. The van der Waals surface area contributed by atoms with Crippen LogP contribution in [0.2, 0.25) is 0 Å². The van der Waals surface area contributed by atoms with Gasteiger partial charge in [-0.05, 0) is 24.1 Å². The topological polar surface area (TPSA) is 9.23 Å². The van der Waals surface area contributed by atoms with E-state index in [9.17, 15) is 4.39 Å². The third kappa shape index (κ3) is 3.46. The van der Waals surface area contributed by atoms with Gasteiger partial charge in [0, 0.05) is 12.5 Å². The molecule has 0 amide bonds. The van der Waals surface area contributed by atoms with E-state index in [0.717, 1.165) is 18.6 Å². The number of benzene rings is 1. The molecule has 1 nitrogen and oxygen atoms in total. The van der Waals surface area contributed by atoms with Crippen LogP contribution in [0.25, 0.3) is 0 Å². The Balaban J connectivity index is 2.47. The molecular weight excluding hydrogens is 179 g/mol. The first-order valence-corrected chi connectivity index (χ1v) is 5.07. The Kier molecular flexibility index (Phi) is 4.60. The van der Waals surface area contributed by atoms with Gasteiger partial charge < -0.3 is 4.74 Å². The Morgan fingerprint density at radius 3 is 2.86 bits per heavy atom. The Morgan fingerprint density at radius 2 is 2.21 bits per heavy atom. The van der Waals surface area contributed by atoms with Gasteiger partial charge >= 0.3 is 0 Å². The summed E-state index contributed by atoms with van der Waals surface area (Å²) in [5, 5.41) is 0. The summed E-state index contributed by atoms with van der Waals surface area (Å²) in [6.07, 6.45) is 1.02. The van der Waals surface area contributed by atoms with Crippen molar-refractivity contribution in [3.8, 4) is 0 Å². The molecule has 0 fully saturated rings. The summed E-state index contributed by atoms with van der Waals surface area (Å²) >= 11 is 0. The van der Waals surface area contributed by atoms with Crippen LogP contribution in [-0.2, 0) is 4.74 Å². The summed E-state index contributed by atoms with van der Waals surface area (Å²) in [5.41, 5.74) is 1.00. The van der Waals surface area contributed by atoms with Crippen molar-refractivity contribution in [3.63, 3.8) is 0 Å². The Morgan fingerprint density at radius 1 is 1.43 bits per heavy atom. The van der Waals surface area contributed by atoms with Crippen LogP contribution in [0.1, 0.15) is 31.7 Å². The van der Waals surface area contributed by atoms with Crippen LogP contribution in [0.5, 0.6) is 0 Å². The zero-order valence-corrected chi connectivity index (χ0v) is 8.79. The van der Waals surface area contributed by atoms with Crippen LogP contribution in [0.15, 0.2) is 24.3 Å². The molecule has 1 aromatic rings. The molecule has 0 saturated carbocycles. The highest BCUT2D eigenvalue weighted by Crippen LogP contribution is 2.16. The van der Waals surface area contributed by atoms with Gasteiger partial charge in [-0.15, -0.1) is 0 Å². The number of halogens is 1. The zero-order valence-electron chi connectivity index (χ0n) is 8.79. The molecule has 0 aromatic heterocycles. The normalized spacial score (nSPS) is 12.8. The Hall–Kier alpha value is -0.890. The van der Waals surface area contributed by atoms with E-state index < -0.39 is 0 Å². The number of ether oxygens (including phenoxy) is 1. The minimum absolute atomic E-state index is 0.176. The van der Waals surface area contributed by atoms with Gasteiger partial charge in [-0.1, -0.05) is 26.0 Å². The van der Waals surface area contributed by atoms with Gasteiger partial charge in [0.05, 0.1) is 6.61 Å². The van der Waals surface area contributed by atoms with Gasteiger partial charge in [0.2, 0.25) is 0 Å². The fraction of sp³-hybridized carbons (Fsp3) is 0.500. The van der Waals surface area contributed by atoms with Crippen LogP contribution >= 0.6 is 0 Å². The molecule has 1 atom stereocenters. The molecule has 1 rings (SSSR count). The van der Waals surface area contributed by atoms with Crippen molar-refractivity contribution >= 4 is 0 Å². The van der Waals surface area contributed by atoms with Crippen molar-refractivity contribution in [2.24, 2.45) is 0 Å². The lowest BCUT2D eigenvalue weighted by atomic mass is 10.0. The fourth-order valence-electron chi connectivity index (χ4n) is 1.31. The molecule has 0 bridgehead atoms. The van der Waals surface area contributed by atoms with E-state index >= 15 is 0 Å². The molecule has 0 aliphatic heterocycles. The summed E-state index contributed by atoms with van der Waals surface area (Å²) in [7, 11) is 0. The quantitative estimate of drug-likeness (QED) is 0.656. The maximum Gasteiger partial charge on any atom is 0.123 e. The van der Waals surface area contributed by atoms with E-state index in [1.807, 2.05) is 13.0 Å². The average Bonchev–Trinajstić information content (AvgIpc) is 2.18. The largest absolute Gasteiger partial charge is 0.381 e. The van der Waals surface area contributed by atoms with Crippen molar-refractivity contribution in [1.82, 2.24) is 0 Å². The summed E-state index contributed by atoms with van der Waals surface area (Å²) in [4.78, 5) is 0. The standard InChI is InChI=1S/C12H17FO/c1-3-7-14-9-10(2)11-5-4-6-12(13)8-11/h4-6,8,10H,3,7,9H2,1-2H3. The second kappa shape index (κ2) is 5.76. The summed E-state index contributed by atoms with van der Waals surface area (Å²) < 4.78 is 18.3. The van der Waals surface area contributed by atoms with Crippen molar-refractivity contribution in [1.29, 1.82) is 0 Å². The molecule has 0 spiro atoms. The van der Waals surface area contributed by atoms with Gasteiger partial charge in [0.25, 0.3) is 0 Å². The lowest BCUT2D eigenvalue weighted by Gasteiger charge is -2.11. The molecule has 78 valence electrons. The van der Waals surface area contributed by atoms with Crippen molar-refractivity contribution in [3.05, 3.63) is 35.6 Å². The van der Waals surface area contributed by atoms with Crippen LogP contribution in [0.3, 0.4) is 0 Å². The molecule has 0 N–H and O–H groups in total. The summed E-state index contributed by atoms with van der Waals surface area (Å²) in [6, 6.07) is 6.70. The van der Waals surface area contributed by atoms with Gasteiger partial charge in [-0.3, -0.25) is 0 Å². The average molecular weight is 196 g/mol. The lowest BCUT2D eigenvalue weighted by Crippen LogP contribution is -2.05. The molecule has 14 heavy (non-hydrogen) atoms. The van der Waals surface area contributed by atoms with Gasteiger partial charge in [-0.2, -0.15) is 0 Å². The summed E-state index contributed by atoms with van der Waals surface area (Å²) in [5.74, 6) is 0.0853. The summed E-state index contributed by atoms with van der Waals surface area (Å²) in [6.45, 7) is 5.56. The molecule has 2 heteroatoms. The van der Waals surface area contributed by atoms with Crippen LogP contribution in [0, 0.1) is 5.82 Å². The van der Waals surface area contributed by atoms with Gasteiger partial charge in [0.1, 0.15) is 5.82 Å². The van der Waals surface area contributed by atoms with E-state index in [1.54, 1.807) is 12.1 Å². The molecule has 0 saturated heterocycles. The highest BCUT2D eigenvalue weighted by molar-refractivity contribution is 5.19. The number of hydrogen-bond donors (Lipinski definition) is 0. The first kappa shape index (κ1) is 11.2. The fourth-order valence-corrected chi connectivity index (χ4v) is 1.31. The molecule has 0 aliphatic carbocycles. The zero-order chi connectivity index (χ0) is 10.4.